The highest BCUT2D eigenvalue weighted by molar-refractivity contribution is 7.13. The maximum absolute atomic E-state index is 4.29. The van der Waals surface area contributed by atoms with Crippen LogP contribution >= 0.6 is 11.3 Å². The predicted octanol–water partition coefficient (Wildman–Crippen LogP) is 2.03. The molecule has 0 aromatic carbocycles. The standard InChI is InChI=1S/C10H14N4S/c1-2-3-11-7-9-13-6-8(14-9)10-12-4-5-15-10/h4-6,11H,2-3,7H2,1H3,(H,13,14). The van der Waals surface area contributed by atoms with Gasteiger partial charge in [0.25, 0.3) is 0 Å². The molecule has 0 aliphatic rings. The van der Waals surface area contributed by atoms with E-state index < -0.39 is 0 Å². The molecule has 2 aromatic rings. The zero-order valence-electron chi connectivity index (χ0n) is 8.66. The van der Waals surface area contributed by atoms with Crippen LogP contribution in [-0.4, -0.2) is 21.5 Å². The highest BCUT2D eigenvalue weighted by Gasteiger charge is 2.04. The number of imidazole rings is 1. The third-order valence-electron chi connectivity index (χ3n) is 2.01. The van der Waals surface area contributed by atoms with E-state index in [0.29, 0.717) is 0 Å². The molecule has 80 valence electrons. The lowest BCUT2D eigenvalue weighted by atomic mass is 10.4. The minimum absolute atomic E-state index is 0.791. The average molecular weight is 222 g/mol. The molecule has 4 nitrogen and oxygen atoms in total. The Morgan fingerprint density at radius 3 is 3.13 bits per heavy atom. The van der Waals surface area contributed by atoms with E-state index in [1.54, 1.807) is 17.5 Å². The summed E-state index contributed by atoms with van der Waals surface area (Å²) < 4.78 is 0. The van der Waals surface area contributed by atoms with Crippen molar-refractivity contribution in [1.82, 2.24) is 20.3 Å². The lowest BCUT2D eigenvalue weighted by molar-refractivity contribution is 0.655. The predicted molar refractivity (Wildman–Crippen MR) is 61.7 cm³/mol. The van der Waals surface area contributed by atoms with Gasteiger partial charge in [0.1, 0.15) is 10.8 Å². The largest absolute Gasteiger partial charge is 0.339 e. The fourth-order valence-corrected chi connectivity index (χ4v) is 1.90. The monoisotopic (exact) mass is 222 g/mol. The summed E-state index contributed by atoms with van der Waals surface area (Å²) in [6.45, 7) is 3.96. The van der Waals surface area contributed by atoms with Crippen molar-refractivity contribution in [3.8, 4) is 10.7 Å². The summed E-state index contributed by atoms with van der Waals surface area (Å²) in [6, 6.07) is 0. The number of aromatic nitrogens is 3. The van der Waals surface area contributed by atoms with E-state index in [4.69, 9.17) is 0 Å². The molecule has 0 amide bonds. The van der Waals surface area contributed by atoms with Gasteiger partial charge < -0.3 is 10.3 Å². The van der Waals surface area contributed by atoms with Gasteiger partial charge >= 0.3 is 0 Å². The van der Waals surface area contributed by atoms with Crippen LogP contribution in [0, 0.1) is 0 Å². The molecule has 2 N–H and O–H groups in total. The Morgan fingerprint density at radius 2 is 2.40 bits per heavy atom. The van der Waals surface area contributed by atoms with E-state index in [1.165, 1.54) is 0 Å². The summed E-state index contributed by atoms with van der Waals surface area (Å²) in [5.41, 5.74) is 0.998. The van der Waals surface area contributed by atoms with Crippen molar-refractivity contribution < 1.29 is 0 Å². The molecular formula is C10H14N4S. The lowest BCUT2D eigenvalue weighted by Crippen LogP contribution is -2.14. The molecule has 0 aliphatic heterocycles. The number of rotatable bonds is 5. The molecule has 0 bridgehead atoms. The van der Waals surface area contributed by atoms with Crippen LogP contribution in [0.15, 0.2) is 17.8 Å². The van der Waals surface area contributed by atoms with E-state index in [2.05, 4.69) is 27.2 Å². The lowest BCUT2D eigenvalue weighted by Gasteiger charge is -1.98. The maximum atomic E-state index is 4.29. The Morgan fingerprint density at radius 1 is 1.47 bits per heavy atom. The molecule has 5 heteroatoms. The first-order valence-electron chi connectivity index (χ1n) is 5.04. The smallest absolute Gasteiger partial charge is 0.141 e. The van der Waals surface area contributed by atoms with E-state index in [-0.39, 0.29) is 0 Å². The summed E-state index contributed by atoms with van der Waals surface area (Å²) in [7, 11) is 0. The zero-order chi connectivity index (χ0) is 10.5. The third kappa shape index (κ3) is 2.64. The summed E-state index contributed by atoms with van der Waals surface area (Å²) in [5, 5.41) is 6.25. The van der Waals surface area contributed by atoms with Gasteiger partial charge in [-0.1, -0.05) is 6.92 Å². The maximum Gasteiger partial charge on any atom is 0.141 e. The van der Waals surface area contributed by atoms with Gasteiger partial charge in [-0.15, -0.1) is 11.3 Å². The zero-order valence-corrected chi connectivity index (χ0v) is 9.47. The normalized spacial score (nSPS) is 10.7. The Hall–Kier alpha value is -1.20. The molecule has 2 aromatic heterocycles. The van der Waals surface area contributed by atoms with Gasteiger partial charge in [0, 0.05) is 11.6 Å². The van der Waals surface area contributed by atoms with Gasteiger partial charge in [0.15, 0.2) is 0 Å². The van der Waals surface area contributed by atoms with Crippen LogP contribution in [0.5, 0.6) is 0 Å². The summed E-state index contributed by atoms with van der Waals surface area (Å²) in [4.78, 5) is 11.8. The van der Waals surface area contributed by atoms with Gasteiger partial charge in [0.2, 0.25) is 0 Å². The quantitative estimate of drug-likeness (QED) is 0.761. The SMILES string of the molecule is CCCNCc1ncc(-c2nccs2)[nH]1. The van der Waals surface area contributed by atoms with Gasteiger partial charge in [-0.2, -0.15) is 0 Å². The Balaban J connectivity index is 1.98. The summed E-state index contributed by atoms with van der Waals surface area (Å²) >= 11 is 1.61. The van der Waals surface area contributed by atoms with Crippen molar-refractivity contribution in [3.63, 3.8) is 0 Å². The van der Waals surface area contributed by atoms with E-state index in [1.807, 2.05) is 11.6 Å². The van der Waals surface area contributed by atoms with Crippen molar-refractivity contribution in [2.24, 2.45) is 0 Å². The van der Waals surface area contributed by atoms with Crippen LogP contribution in [0.4, 0.5) is 0 Å². The minimum atomic E-state index is 0.791. The molecule has 0 unspecified atom stereocenters. The van der Waals surface area contributed by atoms with Gasteiger partial charge in [-0.05, 0) is 13.0 Å². The Labute approximate surface area is 92.8 Å². The van der Waals surface area contributed by atoms with Crippen molar-refractivity contribution in [2.75, 3.05) is 6.54 Å². The van der Waals surface area contributed by atoms with Gasteiger partial charge in [0.05, 0.1) is 18.4 Å². The van der Waals surface area contributed by atoms with Gasteiger partial charge in [-0.25, -0.2) is 9.97 Å². The Kier molecular flexibility index (Phi) is 3.47. The molecular weight excluding hydrogens is 208 g/mol. The summed E-state index contributed by atoms with van der Waals surface area (Å²) in [6.07, 6.45) is 4.78. The van der Waals surface area contributed by atoms with Crippen LogP contribution < -0.4 is 5.32 Å². The minimum Gasteiger partial charge on any atom is -0.339 e. The molecule has 2 rings (SSSR count). The molecule has 0 spiro atoms. The first-order valence-corrected chi connectivity index (χ1v) is 5.92. The number of thiazole rings is 1. The van der Waals surface area contributed by atoms with Crippen molar-refractivity contribution in [2.45, 2.75) is 19.9 Å². The second-order valence-corrected chi connectivity index (χ2v) is 4.15. The first-order chi connectivity index (χ1) is 7.40. The number of H-pyrrole nitrogens is 1. The molecule has 2 heterocycles. The molecule has 0 saturated heterocycles. The molecule has 0 aliphatic carbocycles. The van der Waals surface area contributed by atoms with Crippen LogP contribution in [0.25, 0.3) is 10.7 Å². The van der Waals surface area contributed by atoms with Crippen molar-refractivity contribution in [3.05, 3.63) is 23.6 Å². The number of hydrogen-bond donors (Lipinski definition) is 2. The van der Waals surface area contributed by atoms with Crippen LogP contribution in [-0.2, 0) is 6.54 Å². The highest BCUT2D eigenvalue weighted by atomic mass is 32.1. The Bertz CT molecular complexity index is 393. The molecule has 15 heavy (non-hydrogen) atoms. The van der Waals surface area contributed by atoms with Crippen LogP contribution in [0.3, 0.4) is 0 Å². The first kappa shape index (κ1) is 10.3. The molecule has 0 saturated carbocycles. The summed E-state index contributed by atoms with van der Waals surface area (Å²) in [5.74, 6) is 0.966. The van der Waals surface area contributed by atoms with Crippen LogP contribution in [0.1, 0.15) is 19.2 Å². The van der Waals surface area contributed by atoms with E-state index >= 15 is 0 Å². The second-order valence-electron chi connectivity index (χ2n) is 3.26. The third-order valence-corrected chi connectivity index (χ3v) is 2.82. The van der Waals surface area contributed by atoms with Crippen molar-refractivity contribution in [1.29, 1.82) is 0 Å². The average Bonchev–Trinajstić information content (AvgIpc) is 2.87. The molecule has 0 atom stereocenters. The van der Waals surface area contributed by atoms with Crippen LogP contribution in [0.2, 0.25) is 0 Å². The molecule has 0 radical (unpaired) electrons. The fourth-order valence-electron chi connectivity index (χ4n) is 1.30. The highest BCUT2D eigenvalue weighted by Crippen LogP contribution is 2.18. The second kappa shape index (κ2) is 5.04. The fraction of sp³-hybridized carbons (Fsp3) is 0.400. The number of aromatic amines is 1. The number of nitrogens with zero attached hydrogens (tertiary/aromatic N) is 2. The number of nitrogens with one attached hydrogen (secondary N) is 2. The van der Waals surface area contributed by atoms with Gasteiger partial charge in [-0.3, -0.25) is 0 Å². The topological polar surface area (TPSA) is 53.6 Å². The van der Waals surface area contributed by atoms with E-state index in [9.17, 15) is 0 Å². The molecule has 0 fully saturated rings. The van der Waals surface area contributed by atoms with Crippen molar-refractivity contribution >= 4 is 11.3 Å². The van der Waals surface area contributed by atoms with E-state index in [0.717, 1.165) is 36.0 Å². The number of hydrogen-bond acceptors (Lipinski definition) is 4.